The van der Waals surface area contributed by atoms with Crippen LogP contribution in [0.5, 0.6) is 0 Å². The molecule has 4 N–H and O–H groups in total. The molecule has 0 aliphatic carbocycles. The molecule has 2 aromatic carbocycles. The third-order valence-electron chi connectivity index (χ3n) is 11.1. The van der Waals surface area contributed by atoms with Crippen LogP contribution in [0.15, 0.2) is 36.4 Å². The number of aryl methyl sites for hydroxylation is 2. The Bertz CT molecular complexity index is 1480. The zero-order chi connectivity index (χ0) is 31.6. The van der Waals surface area contributed by atoms with E-state index in [1.54, 1.807) is 11.1 Å². The number of H-pyrrole nitrogens is 2. The van der Waals surface area contributed by atoms with Gasteiger partial charge >= 0.3 is 0 Å². The van der Waals surface area contributed by atoms with Crippen LogP contribution < -0.4 is 10.6 Å². The van der Waals surface area contributed by atoms with E-state index in [-0.39, 0.29) is 0 Å². The fourth-order valence-electron chi connectivity index (χ4n) is 8.10. The van der Waals surface area contributed by atoms with E-state index in [4.69, 9.17) is 0 Å². The van der Waals surface area contributed by atoms with Crippen molar-refractivity contribution < 1.29 is 0 Å². The van der Waals surface area contributed by atoms with E-state index in [0.717, 1.165) is 25.9 Å². The Kier molecular flexibility index (Phi) is 9.82. The van der Waals surface area contributed by atoms with E-state index in [0.29, 0.717) is 12.1 Å². The third kappa shape index (κ3) is 7.08. The number of nitrogens with zero attached hydrogens (tertiary/aromatic N) is 4. The first kappa shape index (κ1) is 31.9. The van der Waals surface area contributed by atoms with E-state index in [1.807, 2.05) is 0 Å². The Morgan fingerprint density at radius 3 is 1.41 bits per heavy atom. The zero-order valence-corrected chi connectivity index (χ0v) is 28.7. The molecule has 2 saturated heterocycles. The molecule has 8 rings (SSSR count). The first-order valence-corrected chi connectivity index (χ1v) is 17.9. The van der Waals surface area contributed by atoms with Crippen molar-refractivity contribution >= 4 is 21.8 Å². The maximum atomic E-state index is 3.73. The van der Waals surface area contributed by atoms with E-state index >= 15 is 0 Å². The number of likely N-dealkylation sites (N-methyl/N-ethyl adjacent to an activating group) is 2. The van der Waals surface area contributed by atoms with Gasteiger partial charge in [-0.15, -0.1) is 0 Å². The molecule has 2 atom stereocenters. The van der Waals surface area contributed by atoms with Crippen LogP contribution in [-0.2, 0) is 12.8 Å². The van der Waals surface area contributed by atoms with Crippen molar-refractivity contribution in [2.75, 3.05) is 92.6 Å². The lowest BCUT2D eigenvalue weighted by atomic mass is 9.96. The third-order valence-corrected chi connectivity index (χ3v) is 11.1. The molecular weight excluding hydrogens is 568 g/mol. The summed E-state index contributed by atoms with van der Waals surface area (Å²) in [6.45, 7) is 18.6. The normalized spacial score (nSPS) is 23.3. The molecule has 4 aliphatic heterocycles. The smallest absolute Gasteiger partial charge is 0.0488 e. The van der Waals surface area contributed by atoms with Crippen LogP contribution >= 0.6 is 0 Å². The van der Waals surface area contributed by atoms with Gasteiger partial charge in [-0.1, -0.05) is 23.3 Å². The fraction of sp³-hybridized carbons (Fsp3) is 0.579. The van der Waals surface area contributed by atoms with Gasteiger partial charge in [0.05, 0.1) is 0 Å². The van der Waals surface area contributed by atoms with Crippen molar-refractivity contribution in [3.63, 3.8) is 0 Å². The highest BCUT2D eigenvalue weighted by atomic mass is 15.3. The minimum Gasteiger partial charge on any atom is -0.357 e. The van der Waals surface area contributed by atoms with Gasteiger partial charge < -0.3 is 40.2 Å². The number of piperazine rings is 2. The highest BCUT2D eigenvalue weighted by molar-refractivity contribution is 5.86. The molecule has 248 valence electrons. The van der Waals surface area contributed by atoms with Crippen LogP contribution in [0.2, 0.25) is 0 Å². The van der Waals surface area contributed by atoms with E-state index < -0.39 is 0 Å². The van der Waals surface area contributed by atoms with Crippen LogP contribution in [0, 0.1) is 13.8 Å². The summed E-state index contributed by atoms with van der Waals surface area (Å²) in [6.07, 6.45) is 4.68. The summed E-state index contributed by atoms with van der Waals surface area (Å²) in [5, 5.41) is 10.3. The summed E-state index contributed by atoms with van der Waals surface area (Å²) in [5.74, 6) is 0. The fourth-order valence-corrected chi connectivity index (χ4v) is 8.10. The molecule has 2 fully saturated rings. The SMILES string of the molecule is Cc1ccc2[nH]c3c(c2c1)CCN[C@@H]3CCN1CCN(C)CC1.Cc1ccc2[nH]c3c(c2c1)CCN[C@H]3CCN1CCN(C)CC1. The van der Waals surface area contributed by atoms with Crippen molar-refractivity contribution in [1.29, 1.82) is 0 Å². The van der Waals surface area contributed by atoms with Gasteiger partial charge in [0.1, 0.15) is 0 Å². The van der Waals surface area contributed by atoms with Crippen molar-refractivity contribution in [2.45, 2.75) is 51.6 Å². The summed E-state index contributed by atoms with van der Waals surface area (Å²) < 4.78 is 0. The largest absolute Gasteiger partial charge is 0.357 e. The maximum Gasteiger partial charge on any atom is 0.0488 e. The van der Waals surface area contributed by atoms with E-state index in [2.05, 4.69) is 105 Å². The molecular formula is C38H56N8. The summed E-state index contributed by atoms with van der Waals surface area (Å²) in [5.41, 5.74) is 11.3. The second-order valence-corrected chi connectivity index (χ2v) is 14.5. The Morgan fingerprint density at radius 2 is 1.00 bits per heavy atom. The molecule has 4 aliphatic rings. The van der Waals surface area contributed by atoms with E-state index in [1.165, 1.54) is 123 Å². The van der Waals surface area contributed by atoms with Crippen molar-refractivity contribution in [3.05, 3.63) is 70.0 Å². The van der Waals surface area contributed by atoms with Gasteiger partial charge in [-0.25, -0.2) is 0 Å². The van der Waals surface area contributed by atoms with Crippen LogP contribution in [0.1, 0.15) is 58.6 Å². The standard InChI is InChI=1S/2C19H28N4/c2*1-14-3-4-17-16(13-14)15-5-7-20-18(19(15)21-17)6-8-23-11-9-22(2)10-12-23/h2*3-4,13,18,20-21H,5-12H2,1-2H3/t2*18-/m10/s1. The Morgan fingerprint density at radius 1 is 0.587 bits per heavy atom. The van der Waals surface area contributed by atoms with Crippen molar-refractivity contribution in [2.24, 2.45) is 0 Å². The second kappa shape index (κ2) is 14.2. The second-order valence-electron chi connectivity index (χ2n) is 14.5. The van der Waals surface area contributed by atoms with Gasteiger partial charge in [0.15, 0.2) is 0 Å². The first-order valence-electron chi connectivity index (χ1n) is 17.9. The maximum absolute atomic E-state index is 3.73. The summed E-state index contributed by atoms with van der Waals surface area (Å²) in [7, 11) is 4.44. The van der Waals surface area contributed by atoms with Crippen LogP contribution in [-0.4, -0.2) is 122 Å². The van der Waals surface area contributed by atoms with Crippen molar-refractivity contribution in [3.8, 4) is 0 Å². The molecule has 0 spiro atoms. The zero-order valence-electron chi connectivity index (χ0n) is 28.7. The first-order chi connectivity index (χ1) is 22.4. The molecule has 2 aromatic heterocycles. The van der Waals surface area contributed by atoms with Gasteiger partial charge in [0, 0.05) is 111 Å². The number of aromatic nitrogens is 2. The lowest BCUT2D eigenvalue weighted by Crippen LogP contribution is -2.45. The van der Waals surface area contributed by atoms with Crippen LogP contribution in [0.3, 0.4) is 0 Å². The Balaban J connectivity index is 0.000000147. The molecule has 46 heavy (non-hydrogen) atoms. The Hall–Kier alpha value is -2.72. The van der Waals surface area contributed by atoms with Gasteiger partial charge in [-0.3, -0.25) is 0 Å². The molecule has 0 saturated carbocycles. The molecule has 0 radical (unpaired) electrons. The molecule has 8 nitrogen and oxygen atoms in total. The number of hydrogen-bond acceptors (Lipinski definition) is 6. The monoisotopic (exact) mass is 624 g/mol. The number of aromatic amines is 2. The van der Waals surface area contributed by atoms with Crippen molar-refractivity contribution in [1.82, 2.24) is 40.2 Å². The minimum absolute atomic E-state index is 0.478. The van der Waals surface area contributed by atoms with E-state index in [9.17, 15) is 0 Å². The number of benzene rings is 2. The quantitative estimate of drug-likeness (QED) is 0.252. The highest BCUT2D eigenvalue weighted by Crippen LogP contribution is 2.33. The molecule has 8 heteroatoms. The van der Waals surface area contributed by atoms with Gasteiger partial charge in [0.25, 0.3) is 0 Å². The van der Waals surface area contributed by atoms with Crippen LogP contribution in [0.25, 0.3) is 21.8 Å². The predicted molar refractivity (Wildman–Crippen MR) is 192 cm³/mol. The van der Waals surface area contributed by atoms with Crippen LogP contribution in [0.4, 0.5) is 0 Å². The predicted octanol–water partition coefficient (Wildman–Crippen LogP) is 4.60. The van der Waals surface area contributed by atoms with Gasteiger partial charge in [-0.2, -0.15) is 0 Å². The van der Waals surface area contributed by atoms with Gasteiger partial charge in [0.2, 0.25) is 0 Å². The number of rotatable bonds is 6. The molecule has 4 aromatic rings. The number of nitrogens with one attached hydrogen (secondary N) is 4. The molecule has 0 bridgehead atoms. The average Bonchev–Trinajstić information content (AvgIpc) is 3.63. The summed E-state index contributed by atoms with van der Waals surface area (Å²) >= 11 is 0. The number of fused-ring (bicyclic) bond motifs is 6. The average molecular weight is 625 g/mol. The topological polar surface area (TPSA) is 68.6 Å². The lowest BCUT2D eigenvalue weighted by molar-refractivity contribution is 0.148. The highest BCUT2D eigenvalue weighted by Gasteiger charge is 2.26. The Labute approximate surface area is 275 Å². The molecule has 6 heterocycles. The van der Waals surface area contributed by atoms with Gasteiger partial charge in [-0.05, 0) is 102 Å². The molecule has 0 unspecified atom stereocenters. The summed E-state index contributed by atoms with van der Waals surface area (Å²) in [6, 6.07) is 14.5. The number of hydrogen-bond donors (Lipinski definition) is 4. The minimum atomic E-state index is 0.478. The lowest BCUT2D eigenvalue weighted by Gasteiger charge is -2.34. The summed E-state index contributed by atoms with van der Waals surface area (Å²) in [4.78, 5) is 17.5. The molecule has 0 amide bonds.